The molecule has 1 saturated heterocycles. The van der Waals surface area contributed by atoms with E-state index in [2.05, 4.69) is 13.2 Å². The van der Waals surface area contributed by atoms with Crippen LogP contribution in [0.25, 0.3) is 0 Å². The van der Waals surface area contributed by atoms with E-state index in [0.29, 0.717) is 0 Å². The molecule has 21 heavy (non-hydrogen) atoms. The number of carbonyl (C=O) groups excluding carboxylic acids is 1. The van der Waals surface area contributed by atoms with Crippen LogP contribution in [0.15, 0.2) is 24.3 Å². The van der Waals surface area contributed by atoms with Crippen molar-refractivity contribution in [2.24, 2.45) is 5.41 Å². The first-order valence-corrected chi connectivity index (χ1v) is 9.01. The van der Waals surface area contributed by atoms with Crippen LogP contribution in [0.3, 0.4) is 0 Å². The summed E-state index contributed by atoms with van der Waals surface area (Å²) in [6, 6.07) is 7.94. The van der Waals surface area contributed by atoms with E-state index in [1.807, 2.05) is 29.2 Å². The van der Waals surface area contributed by atoms with Crippen molar-refractivity contribution in [3.05, 3.63) is 35.4 Å². The summed E-state index contributed by atoms with van der Waals surface area (Å²) in [5.74, 6) is 1.10. The van der Waals surface area contributed by atoms with Crippen LogP contribution in [-0.4, -0.2) is 41.9 Å². The molecule has 0 unspecified atom stereocenters. The van der Waals surface area contributed by atoms with Gasteiger partial charge < -0.3 is 10.0 Å². The number of piperidine rings is 1. The monoisotopic (exact) mass is 307 g/mol. The molecule has 1 fully saturated rings. The van der Waals surface area contributed by atoms with E-state index in [1.165, 1.54) is 5.56 Å². The summed E-state index contributed by atoms with van der Waals surface area (Å²) in [7, 11) is 0. The van der Waals surface area contributed by atoms with E-state index in [4.69, 9.17) is 0 Å². The first-order chi connectivity index (χ1) is 10.1. The lowest BCUT2D eigenvalue weighted by molar-refractivity contribution is 0.0338. The first-order valence-electron chi connectivity index (χ1n) is 7.62. The zero-order valence-corrected chi connectivity index (χ0v) is 13.8. The lowest BCUT2D eigenvalue weighted by Crippen LogP contribution is -2.44. The van der Waals surface area contributed by atoms with Crippen molar-refractivity contribution >= 4 is 17.7 Å². The van der Waals surface area contributed by atoms with E-state index >= 15 is 0 Å². The SMILES string of the molecule is CCC1(CO)CCN(C(=O)c2ccc(CSC)cc2)CC1. The lowest BCUT2D eigenvalue weighted by atomic mass is 9.77. The predicted octanol–water partition coefficient (Wildman–Crippen LogP) is 3.17. The first kappa shape index (κ1) is 16.4. The summed E-state index contributed by atoms with van der Waals surface area (Å²) in [5.41, 5.74) is 2.05. The highest BCUT2D eigenvalue weighted by atomic mass is 32.2. The number of carbonyl (C=O) groups is 1. The predicted molar refractivity (Wildman–Crippen MR) is 88.6 cm³/mol. The van der Waals surface area contributed by atoms with Gasteiger partial charge in [0.1, 0.15) is 0 Å². The molecule has 1 N–H and O–H groups in total. The molecule has 1 amide bonds. The molecule has 116 valence electrons. The minimum atomic E-state index is 0.0268. The van der Waals surface area contributed by atoms with Crippen LogP contribution < -0.4 is 0 Å². The van der Waals surface area contributed by atoms with E-state index in [-0.39, 0.29) is 17.9 Å². The molecule has 1 heterocycles. The average Bonchev–Trinajstić information content (AvgIpc) is 2.55. The van der Waals surface area contributed by atoms with E-state index in [1.54, 1.807) is 11.8 Å². The maximum Gasteiger partial charge on any atom is 0.253 e. The van der Waals surface area contributed by atoms with Crippen molar-refractivity contribution < 1.29 is 9.90 Å². The van der Waals surface area contributed by atoms with Gasteiger partial charge in [-0.3, -0.25) is 4.79 Å². The second-order valence-corrected chi connectivity index (χ2v) is 6.80. The zero-order valence-electron chi connectivity index (χ0n) is 13.0. The van der Waals surface area contributed by atoms with Crippen molar-refractivity contribution in [2.75, 3.05) is 26.0 Å². The number of likely N-dealkylation sites (tertiary alicyclic amines) is 1. The normalized spacial score (nSPS) is 17.8. The van der Waals surface area contributed by atoms with Gasteiger partial charge in [0.05, 0.1) is 0 Å². The quantitative estimate of drug-likeness (QED) is 0.908. The minimum Gasteiger partial charge on any atom is -0.396 e. The molecule has 0 saturated carbocycles. The Labute approximate surface area is 131 Å². The van der Waals surface area contributed by atoms with Crippen LogP contribution in [0.1, 0.15) is 42.1 Å². The summed E-state index contributed by atoms with van der Waals surface area (Å²) < 4.78 is 0. The van der Waals surface area contributed by atoms with Crippen molar-refractivity contribution in [3.63, 3.8) is 0 Å². The number of amides is 1. The third-order valence-corrected chi connectivity index (χ3v) is 5.33. The maximum atomic E-state index is 12.5. The van der Waals surface area contributed by atoms with Gasteiger partial charge in [-0.2, -0.15) is 11.8 Å². The number of benzene rings is 1. The van der Waals surface area contributed by atoms with Crippen LogP contribution in [0.4, 0.5) is 0 Å². The molecule has 0 atom stereocenters. The molecule has 0 aliphatic carbocycles. The Bertz CT molecular complexity index is 458. The van der Waals surface area contributed by atoms with Crippen molar-refractivity contribution in [2.45, 2.75) is 31.9 Å². The summed E-state index contributed by atoms with van der Waals surface area (Å²) in [6.07, 6.45) is 4.86. The molecule has 0 bridgehead atoms. The fraction of sp³-hybridized carbons (Fsp3) is 0.588. The maximum absolute atomic E-state index is 12.5. The molecule has 0 spiro atoms. The molecular formula is C17H25NO2S. The summed E-state index contributed by atoms with van der Waals surface area (Å²) in [4.78, 5) is 14.4. The molecule has 1 aromatic rings. The number of thioether (sulfide) groups is 1. The number of aliphatic hydroxyl groups is 1. The Hall–Kier alpha value is -1.00. The fourth-order valence-electron chi connectivity index (χ4n) is 2.90. The van der Waals surface area contributed by atoms with Gasteiger partial charge >= 0.3 is 0 Å². The van der Waals surface area contributed by atoms with Crippen molar-refractivity contribution in [3.8, 4) is 0 Å². The summed E-state index contributed by atoms with van der Waals surface area (Å²) >= 11 is 1.78. The Morgan fingerprint density at radius 3 is 2.38 bits per heavy atom. The Morgan fingerprint density at radius 1 is 1.29 bits per heavy atom. The van der Waals surface area contributed by atoms with Gasteiger partial charge in [-0.15, -0.1) is 0 Å². The average molecular weight is 307 g/mol. The smallest absolute Gasteiger partial charge is 0.253 e. The van der Waals surface area contributed by atoms with Crippen molar-refractivity contribution in [1.29, 1.82) is 0 Å². The lowest BCUT2D eigenvalue weighted by Gasteiger charge is -2.40. The highest BCUT2D eigenvalue weighted by molar-refractivity contribution is 7.97. The Kier molecular flexibility index (Phi) is 5.71. The van der Waals surface area contributed by atoms with Crippen LogP contribution >= 0.6 is 11.8 Å². The minimum absolute atomic E-state index is 0.0268. The van der Waals surface area contributed by atoms with Crippen LogP contribution in [0.5, 0.6) is 0 Å². The van der Waals surface area contributed by atoms with Crippen LogP contribution in [0, 0.1) is 5.41 Å². The molecule has 1 aliphatic heterocycles. The van der Waals surface area contributed by atoms with E-state index < -0.39 is 0 Å². The van der Waals surface area contributed by atoms with Gasteiger partial charge in [-0.1, -0.05) is 19.1 Å². The number of nitrogens with zero attached hydrogens (tertiary/aromatic N) is 1. The molecule has 2 rings (SSSR count). The van der Waals surface area contributed by atoms with E-state index in [9.17, 15) is 9.90 Å². The molecular weight excluding hydrogens is 282 g/mol. The van der Waals surface area contributed by atoms with Gasteiger partial charge in [-0.05, 0) is 48.6 Å². The molecule has 4 heteroatoms. The third kappa shape index (κ3) is 3.80. The standard InChI is InChI=1S/C17H25NO2S/c1-3-17(13-19)8-10-18(11-9-17)16(20)15-6-4-14(5-7-15)12-21-2/h4-7,19H,3,8-13H2,1-2H3. The fourth-order valence-corrected chi connectivity index (χ4v) is 3.43. The van der Waals surface area contributed by atoms with Crippen molar-refractivity contribution in [1.82, 2.24) is 4.90 Å². The highest BCUT2D eigenvalue weighted by Crippen LogP contribution is 2.34. The molecule has 0 aromatic heterocycles. The largest absolute Gasteiger partial charge is 0.396 e. The third-order valence-electron chi connectivity index (χ3n) is 4.71. The topological polar surface area (TPSA) is 40.5 Å². The molecule has 0 radical (unpaired) electrons. The molecule has 1 aliphatic rings. The zero-order chi connectivity index (χ0) is 15.3. The number of hydrogen-bond acceptors (Lipinski definition) is 3. The molecule has 1 aromatic carbocycles. The van der Waals surface area contributed by atoms with Gasteiger partial charge in [0.15, 0.2) is 0 Å². The number of hydrogen-bond donors (Lipinski definition) is 1. The van der Waals surface area contributed by atoms with Gasteiger partial charge in [0, 0.05) is 31.0 Å². The number of aliphatic hydroxyl groups excluding tert-OH is 1. The van der Waals surface area contributed by atoms with Gasteiger partial charge in [0.25, 0.3) is 5.91 Å². The summed E-state index contributed by atoms with van der Waals surface area (Å²) in [6.45, 7) is 3.85. The second-order valence-electron chi connectivity index (χ2n) is 5.93. The van der Waals surface area contributed by atoms with Crippen LogP contribution in [0.2, 0.25) is 0 Å². The van der Waals surface area contributed by atoms with Gasteiger partial charge in [-0.25, -0.2) is 0 Å². The Morgan fingerprint density at radius 2 is 1.90 bits per heavy atom. The molecule has 3 nitrogen and oxygen atoms in total. The van der Waals surface area contributed by atoms with Crippen LogP contribution in [-0.2, 0) is 5.75 Å². The van der Waals surface area contributed by atoms with E-state index in [0.717, 1.165) is 43.7 Å². The number of rotatable bonds is 5. The Balaban J connectivity index is 1.98. The second kappa shape index (κ2) is 7.32. The summed E-state index contributed by atoms with van der Waals surface area (Å²) in [5, 5.41) is 9.56. The van der Waals surface area contributed by atoms with Gasteiger partial charge in [0.2, 0.25) is 0 Å². The highest BCUT2D eigenvalue weighted by Gasteiger charge is 2.34.